The van der Waals surface area contributed by atoms with Gasteiger partial charge in [0.1, 0.15) is 0 Å². The van der Waals surface area contributed by atoms with Crippen molar-refractivity contribution < 1.29 is 9.59 Å². The maximum Gasteiger partial charge on any atom is 0.231 e. The molecule has 1 rings (SSSR count). The molecule has 0 bridgehead atoms. The van der Waals surface area contributed by atoms with Crippen molar-refractivity contribution in [2.24, 2.45) is 5.73 Å². The maximum absolute atomic E-state index is 11.9. The number of aryl methyl sites for hydroxylation is 2. The molecule has 0 fully saturated rings. The SMILES string of the molecule is Cc1ccc(C(=O)CN(C)CC(N)=O)cc1C. The molecule has 2 N–H and O–H groups in total. The minimum absolute atomic E-state index is 0.00292. The first kappa shape index (κ1) is 13.4. The summed E-state index contributed by atoms with van der Waals surface area (Å²) >= 11 is 0. The van der Waals surface area contributed by atoms with Gasteiger partial charge in [0.2, 0.25) is 5.91 Å². The Morgan fingerprint density at radius 1 is 1.18 bits per heavy atom. The second kappa shape index (κ2) is 5.59. The van der Waals surface area contributed by atoms with Crippen molar-refractivity contribution in [3.05, 3.63) is 34.9 Å². The van der Waals surface area contributed by atoms with Crippen molar-refractivity contribution in [1.29, 1.82) is 0 Å². The molecular formula is C13H18N2O2. The topological polar surface area (TPSA) is 63.4 Å². The Balaban J connectivity index is 2.70. The van der Waals surface area contributed by atoms with Gasteiger partial charge in [-0.1, -0.05) is 12.1 Å². The van der Waals surface area contributed by atoms with E-state index in [9.17, 15) is 9.59 Å². The van der Waals surface area contributed by atoms with Gasteiger partial charge in [0.15, 0.2) is 5.78 Å². The number of rotatable bonds is 5. The van der Waals surface area contributed by atoms with Crippen molar-refractivity contribution in [3.8, 4) is 0 Å². The van der Waals surface area contributed by atoms with Crippen LogP contribution in [0.1, 0.15) is 21.5 Å². The number of hydrogen-bond donors (Lipinski definition) is 1. The van der Waals surface area contributed by atoms with Crippen LogP contribution in [0.3, 0.4) is 0 Å². The molecule has 4 nitrogen and oxygen atoms in total. The van der Waals surface area contributed by atoms with Crippen LogP contribution in [0.2, 0.25) is 0 Å². The number of likely N-dealkylation sites (N-methyl/N-ethyl adjacent to an activating group) is 1. The van der Waals surface area contributed by atoms with E-state index in [0.29, 0.717) is 5.56 Å². The summed E-state index contributed by atoms with van der Waals surface area (Å²) < 4.78 is 0. The summed E-state index contributed by atoms with van der Waals surface area (Å²) in [6.45, 7) is 4.27. The Kier molecular flexibility index (Phi) is 4.40. The van der Waals surface area contributed by atoms with Gasteiger partial charge in [-0.15, -0.1) is 0 Å². The smallest absolute Gasteiger partial charge is 0.231 e. The molecule has 0 saturated carbocycles. The second-order valence-corrected chi connectivity index (χ2v) is 4.36. The van der Waals surface area contributed by atoms with E-state index in [0.717, 1.165) is 11.1 Å². The van der Waals surface area contributed by atoms with Gasteiger partial charge < -0.3 is 5.73 Å². The van der Waals surface area contributed by atoms with Crippen LogP contribution in [0, 0.1) is 13.8 Å². The van der Waals surface area contributed by atoms with Crippen molar-refractivity contribution in [1.82, 2.24) is 4.90 Å². The monoisotopic (exact) mass is 234 g/mol. The molecule has 0 radical (unpaired) electrons. The molecule has 17 heavy (non-hydrogen) atoms. The van der Waals surface area contributed by atoms with Crippen LogP contribution < -0.4 is 5.73 Å². The van der Waals surface area contributed by atoms with E-state index in [-0.39, 0.29) is 18.9 Å². The number of carbonyl (C=O) groups excluding carboxylic acids is 2. The number of hydrogen-bond acceptors (Lipinski definition) is 3. The van der Waals surface area contributed by atoms with Crippen molar-refractivity contribution >= 4 is 11.7 Å². The predicted molar refractivity (Wildman–Crippen MR) is 66.9 cm³/mol. The van der Waals surface area contributed by atoms with E-state index >= 15 is 0 Å². The fourth-order valence-corrected chi connectivity index (χ4v) is 1.57. The summed E-state index contributed by atoms with van der Waals surface area (Å²) in [5.74, 6) is -0.433. The minimum Gasteiger partial charge on any atom is -0.369 e. The zero-order valence-electron chi connectivity index (χ0n) is 10.5. The van der Waals surface area contributed by atoms with Gasteiger partial charge in [0.05, 0.1) is 13.1 Å². The number of primary amides is 1. The van der Waals surface area contributed by atoms with Crippen LogP contribution in [0.5, 0.6) is 0 Å². The third-order valence-corrected chi connectivity index (χ3v) is 2.67. The Labute approximate surface area is 101 Å². The number of nitrogens with two attached hydrogens (primary N) is 1. The standard InChI is InChI=1S/C13H18N2O2/c1-9-4-5-11(6-10(9)2)12(16)7-15(3)8-13(14)17/h4-6H,7-8H2,1-3H3,(H2,14,17). The van der Waals surface area contributed by atoms with Crippen LogP contribution >= 0.6 is 0 Å². The summed E-state index contributed by atoms with van der Waals surface area (Å²) in [7, 11) is 1.70. The van der Waals surface area contributed by atoms with Gasteiger partial charge in [-0.3, -0.25) is 14.5 Å². The van der Waals surface area contributed by atoms with E-state index in [1.54, 1.807) is 11.9 Å². The molecule has 0 unspecified atom stereocenters. The first-order valence-electron chi connectivity index (χ1n) is 5.47. The number of carbonyl (C=O) groups is 2. The molecule has 92 valence electrons. The highest BCUT2D eigenvalue weighted by Gasteiger charge is 2.11. The molecule has 1 aromatic carbocycles. The molecule has 0 saturated heterocycles. The Morgan fingerprint density at radius 3 is 2.35 bits per heavy atom. The van der Waals surface area contributed by atoms with E-state index < -0.39 is 5.91 Å². The third-order valence-electron chi connectivity index (χ3n) is 2.67. The summed E-state index contributed by atoms with van der Waals surface area (Å²) in [4.78, 5) is 24.2. The van der Waals surface area contributed by atoms with Gasteiger partial charge in [-0.2, -0.15) is 0 Å². The van der Waals surface area contributed by atoms with Crippen molar-refractivity contribution in [2.45, 2.75) is 13.8 Å². The predicted octanol–water partition coefficient (Wildman–Crippen LogP) is 0.903. The highest BCUT2D eigenvalue weighted by Crippen LogP contribution is 2.10. The van der Waals surface area contributed by atoms with Crippen LogP contribution in [-0.4, -0.2) is 36.7 Å². The molecule has 1 amide bonds. The van der Waals surface area contributed by atoms with E-state index in [4.69, 9.17) is 5.73 Å². The highest BCUT2D eigenvalue weighted by molar-refractivity contribution is 5.98. The first-order chi connectivity index (χ1) is 7.90. The Morgan fingerprint density at radius 2 is 1.82 bits per heavy atom. The van der Waals surface area contributed by atoms with E-state index in [1.807, 2.05) is 32.0 Å². The molecule has 0 aromatic heterocycles. The number of Topliss-reactive ketones (excluding diaryl/α,β-unsaturated/α-hetero) is 1. The summed E-state index contributed by atoms with van der Waals surface area (Å²) in [6.07, 6.45) is 0. The summed E-state index contributed by atoms with van der Waals surface area (Å²) in [6, 6.07) is 5.61. The average Bonchev–Trinajstić information content (AvgIpc) is 2.20. The van der Waals surface area contributed by atoms with Crippen LogP contribution in [0.4, 0.5) is 0 Å². The fourth-order valence-electron chi connectivity index (χ4n) is 1.57. The van der Waals surface area contributed by atoms with E-state index in [1.165, 1.54) is 0 Å². The minimum atomic E-state index is -0.430. The molecule has 0 aliphatic heterocycles. The van der Waals surface area contributed by atoms with Crippen LogP contribution in [0.25, 0.3) is 0 Å². The normalized spacial score (nSPS) is 10.6. The van der Waals surface area contributed by atoms with E-state index in [2.05, 4.69) is 0 Å². The van der Waals surface area contributed by atoms with Crippen molar-refractivity contribution in [3.63, 3.8) is 0 Å². The second-order valence-electron chi connectivity index (χ2n) is 4.36. The van der Waals surface area contributed by atoms with Gasteiger partial charge in [0.25, 0.3) is 0 Å². The van der Waals surface area contributed by atoms with Crippen LogP contribution in [-0.2, 0) is 4.79 Å². The number of amides is 1. The molecular weight excluding hydrogens is 216 g/mol. The third kappa shape index (κ3) is 4.00. The molecule has 0 atom stereocenters. The first-order valence-corrected chi connectivity index (χ1v) is 5.47. The molecule has 4 heteroatoms. The number of ketones is 1. The average molecular weight is 234 g/mol. The summed E-state index contributed by atoms with van der Waals surface area (Å²) in [5.41, 5.74) is 7.98. The lowest BCUT2D eigenvalue weighted by Gasteiger charge is -2.13. The zero-order chi connectivity index (χ0) is 13.0. The number of benzene rings is 1. The molecule has 0 heterocycles. The summed E-state index contributed by atoms with van der Waals surface area (Å²) in [5, 5.41) is 0. The van der Waals surface area contributed by atoms with Crippen molar-refractivity contribution in [2.75, 3.05) is 20.1 Å². The lowest BCUT2D eigenvalue weighted by Crippen LogP contribution is -2.34. The molecule has 1 aromatic rings. The Hall–Kier alpha value is -1.68. The lowest BCUT2D eigenvalue weighted by molar-refractivity contribution is -0.118. The maximum atomic E-state index is 11.9. The Bertz CT molecular complexity index is 441. The van der Waals surface area contributed by atoms with Crippen LogP contribution in [0.15, 0.2) is 18.2 Å². The molecule has 0 aliphatic rings. The number of nitrogens with zero attached hydrogens (tertiary/aromatic N) is 1. The zero-order valence-corrected chi connectivity index (χ0v) is 10.5. The van der Waals surface area contributed by atoms with Gasteiger partial charge in [0, 0.05) is 5.56 Å². The quantitative estimate of drug-likeness (QED) is 0.770. The van der Waals surface area contributed by atoms with Gasteiger partial charge in [-0.25, -0.2) is 0 Å². The van der Waals surface area contributed by atoms with Gasteiger partial charge >= 0.3 is 0 Å². The highest BCUT2D eigenvalue weighted by atomic mass is 16.1. The van der Waals surface area contributed by atoms with Gasteiger partial charge in [-0.05, 0) is 38.1 Å². The largest absolute Gasteiger partial charge is 0.369 e. The lowest BCUT2D eigenvalue weighted by atomic mass is 10.0. The fraction of sp³-hybridized carbons (Fsp3) is 0.385. The molecule has 0 aliphatic carbocycles. The molecule has 0 spiro atoms.